The van der Waals surface area contributed by atoms with E-state index in [2.05, 4.69) is 5.32 Å². The number of nitrogens with one attached hydrogen (secondary N) is 1. The van der Waals surface area contributed by atoms with E-state index in [9.17, 15) is 9.18 Å². The van der Waals surface area contributed by atoms with Gasteiger partial charge >= 0.3 is 0 Å². The second-order valence-electron chi connectivity index (χ2n) is 6.22. The summed E-state index contributed by atoms with van der Waals surface area (Å²) in [7, 11) is 0. The Balaban J connectivity index is 1.49. The molecule has 2 fully saturated rings. The fourth-order valence-corrected chi connectivity index (χ4v) is 3.51. The largest absolute Gasteiger partial charge is 0.381 e. The molecule has 1 aliphatic heterocycles. The number of amides is 1. The van der Waals surface area contributed by atoms with E-state index in [1.807, 2.05) is 0 Å². The van der Waals surface area contributed by atoms with Crippen molar-refractivity contribution in [2.45, 2.75) is 44.6 Å². The summed E-state index contributed by atoms with van der Waals surface area (Å²) in [6, 6.07) is 6.94. The molecule has 0 radical (unpaired) electrons. The van der Waals surface area contributed by atoms with Gasteiger partial charge in [0.25, 0.3) is 0 Å². The number of aryl methyl sites for hydroxylation is 1. The van der Waals surface area contributed by atoms with E-state index in [0.717, 1.165) is 32.5 Å². The number of ether oxygens (including phenoxy) is 1. The van der Waals surface area contributed by atoms with E-state index in [0.29, 0.717) is 18.4 Å². The molecule has 114 valence electrons. The van der Waals surface area contributed by atoms with Gasteiger partial charge in [-0.1, -0.05) is 18.2 Å². The zero-order valence-electron chi connectivity index (χ0n) is 12.2. The van der Waals surface area contributed by atoms with Crippen LogP contribution in [0.2, 0.25) is 0 Å². The highest BCUT2D eigenvalue weighted by Crippen LogP contribution is 2.48. The maximum atomic E-state index is 13.5. The monoisotopic (exact) mass is 291 g/mol. The first-order valence-electron chi connectivity index (χ1n) is 7.80. The Morgan fingerprint density at radius 1 is 1.29 bits per heavy atom. The van der Waals surface area contributed by atoms with Crippen LogP contribution in [0.5, 0.6) is 0 Å². The molecule has 21 heavy (non-hydrogen) atoms. The molecule has 0 aromatic heterocycles. The Morgan fingerprint density at radius 3 is 2.71 bits per heavy atom. The SMILES string of the molecule is O=C(CCc1ccccc1F)NC1CCC12CCOCC2. The summed E-state index contributed by atoms with van der Waals surface area (Å²) >= 11 is 0. The van der Waals surface area contributed by atoms with Crippen molar-refractivity contribution in [3.05, 3.63) is 35.6 Å². The van der Waals surface area contributed by atoms with Crippen molar-refractivity contribution in [2.24, 2.45) is 5.41 Å². The van der Waals surface area contributed by atoms with Crippen LogP contribution in [0.1, 0.15) is 37.7 Å². The average Bonchev–Trinajstić information content (AvgIpc) is 2.51. The Morgan fingerprint density at radius 2 is 2.05 bits per heavy atom. The van der Waals surface area contributed by atoms with Gasteiger partial charge in [0.05, 0.1) is 0 Å². The maximum absolute atomic E-state index is 13.5. The van der Waals surface area contributed by atoms with Crippen molar-refractivity contribution in [3.8, 4) is 0 Å². The number of hydrogen-bond donors (Lipinski definition) is 1. The fraction of sp³-hybridized carbons (Fsp3) is 0.588. The lowest BCUT2D eigenvalue weighted by molar-refractivity contribution is -0.127. The average molecular weight is 291 g/mol. The molecule has 1 saturated heterocycles. The standard InChI is InChI=1S/C17H22FNO2/c18-14-4-2-1-3-13(14)5-6-16(20)19-15-7-8-17(15)9-11-21-12-10-17/h1-4,15H,5-12H2,(H,19,20). The lowest BCUT2D eigenvalue weighted by atomic mass is 9.60. The number of benzene rings is 1. The molecule has 1 amide bonds. The topological polar surface area (TPSA) is 38.3 Å². The summed E-state index contributed by atoms with van der Waals surface area (Å²) in [5.41, 5.74) is 0.883. The zero-order valence-corrected chi connectivity index (χ0v) is 12.2. The van der Waals surface area contributed by atoms with Crippen molar-refractivity contribution in [2.75, 3.05) is 13.2 Å². The molecule has 1 spiro atoms. The predicted octanol–water partition coefficient (Wildman–Crippen LogP) is 2.83. The first-order chi connectivity index (χ1) is 10.2. The summed E-state index contributed by atoms with van der Waals surface area (Å²) in [5.74, 6) is -0.191. The van der Waals surface area contributed by atoms with E-state index in [1.54, 1.807) is 18.2 Å². The molecule has 1 aromatic rings. The maximum Gasteiger partial charge on any atom is 0.220 e. The number of rotatable bonds is 4. The van der Waals surface area contributed by atoms with Crippen molar-refractivity contribution >= 4 is 5.91 Å². The molecule has 4 heteroatoms. The van der Waals surface area contributed by atoms with Crippen LogP contribution in [0.15, 0.2) is 24.3 Å². The lowest BCUT2D eigenvalue weighted by Crippen LogP contribution is -2.57. The summed E-state index contributed by atoms with van der Waals surface area (Å²) < 4.78 is 18.9. The molecular weight excluding hydrogens is 269 g/mol. The van der Waals surface area contributed by atoms with Gasteiger partial charge in [-0.05, 0) is 49.1 Å². The van der Waals surface area contributed by atoms with Gasteiger partial charge in [-0.3, -0.25) is 4.79 Å². The van der Waals surface area contributed by atoms with E-state index >= 15 is 0 Å². The second kappa shape index (κ2) is 6.14. The molecule has 1 heterocycles. The van der Waals surface area contributed by atoms with Gasteiger partial charge in [0.15, 0.2) is 0 Å². The van der Waals surface area contributed by atoms with Crippen LogP contribution in [0, 0.1) is 11.2 Å². The van der Waals surface area contributed by atoms with Gasteiger partial charge in [0.1, 0.15) is 5.82 Å². The van der Waals surface area contributed by atoms with E-state index in [1.165, 1.54) is 12.5 Å². The normalized spacial score (nSPS) is 23.6. The van der Waals surface area contributed by atoms with Crippen molar-refractivity contribution in [1.29, 1.82) is 0 Å². The molecule has 1 saturated carbocycles. The second-order valence-corrected chi connectivity index (χ2v) is 6.22. The summed E-state index contributed by atoms with van der Waals surface area (Å²) in [6.07, 6.45) is 5.15. The molecule has 1 atom stereocenters. The predicted molar refractivity (Wildman–Crippen MR) is 78.4 cm³/mol. The van der Waals surface area contributed by atoms with Crippen LogP contribution >= 0.6 is 0 Å². The lowest BCUT2D eigenvalue weighted by Gasteiger charge is -2.52. The Labute approximate surface area is 124 Å². The molecule has 1 N–H and O–H groups in total. The molecule has 1 aromatic carbocycles. The van der Waals surface area contributed by atoms with Crippen LogP contribution in [-0.2, 0) is 16.0 Å². The van der Waals surface area contributed by atoms with Gasteiger partial charge in [0, 0.05) is 25.7 Å². The molecule has 2 aliphatic rings. The molecule has 3 rings (SSSR count). The third kappa shape index (κ3) is 3.10. The minimum Gasteiger partial charge on any atom is -0.381 e. The van der Waals surface area contributed by atoms with Crippen molar-refractivity contribution in [1.82, 2.24) is 5.32 Å². The third-order valence-corrected chi connectivity index (χ3v) is 5.07. The third-order valence-electron chi connectivity index (χ3n) is 5.07. The Bertz CT molecular complexity index is 511. The highest BCUT2D eigenvalue weighted by atomic mass is 19.1. The van der Waals surface area contributed by atoms with Crippen LogP contribution in [0.25, 0.3) is 0 Å². The Hall–Kier alpha value is -1.42. The van der Waals surface area contributed by atoms with Crippen LogP contribution in [-0.4, -0.2) is 25.2 Å². The van der Waals surface area contributed by atoms with E-state index in [4.69, 9.17) is 4.74 Å². The molecule has 3 nitrogen and oxygen atoms in total. The smallest absolute Gasteiger partial charge is 0.220 e. The van der Waals surface area contributed by atoms with Gasteiger partial charge in [-0.2, -0.15) is 0 Å². The van der Waals surface area contributed by atoms with E-state index in [-0.39, 0.29) is 23.2 Å². The van der Waals surface area contributed by atoms with Gasteiger partial charge in [0.2, 0.25) is 5.91 Å². The van der Waals surface area contributed by atoms with E-state index < -0.39 is 0 Å². The van der Waals surface area contributed by atoms with Crippen LogP contribution in [0.4, 0.5) is 4.39 Å². The zero-order chi connectivity index (χ0) is 14.7. The summed E-state index contributed by atoms with van der Waals surface area (Å²) in [6.45, 7) is 1.61. The first kappa shape index (κ1) is 14.5. The highest BCUT2D eigenvalue weighted by Gasteiger charge is 2.47. The van der Waals surface area contributed by atoms with Crippen LogP contribution < -0.4 is 5.32 Å². The number of halogens is 1. The minimum absolute atomic E-state index is 0.0359. The molecule has 1 unspecified atom stereocenters. The van der Waals surface area contributed by atoms with Gasteiger partial charge in [-0.15, -0.1) is 0 Å². The van der Waals surface area contributed by atoms with Crippen molar-refractivity contribution in [3.63, 3.8) is 0 Å². The molecular formula is C17H22FNO2. The van der Waals surface area contributed by atoms with Gasteiger partial charge in [-0.25, -0.2) is 4.39 Å². The van der Waals surface area contributed by atoms with Crippen LogP contribution in [0.3, 0.4) is 0 Å². The van der Waals surface area contributed by atoms with Crippen molar-refractivity contribution < 1.29 is 13.9 Å². The number of hydrogen-bond acceptors (Lipinski definition) is 2. The fourth-order valence-electron chi connectivity index (χ4n) is 3.51. The summed E-state index contributed by atoms with van der Waals surface area (Å²) in [5, 5.41) is 3.15. The number of carbonyl (C=O) groups is 1. The summed E-state index contributed by atoms with van der Waals surface area (Å²) in [4.78, 5) is 12.1. The molecule has 0 bridgehead atoms. The quantitative estimate of drug-likeness (QED) is 0.926. The van der Waals surface area contributed by atoms with Gasteiger partial charge < -0.3 is 10.1 Å². The Kier molecular flexibility index (Phi) is 4.24. The number of carbonyl (C=O) groups excluding carboxylic acids is 1. The highest BCUT2D eigenvalue weighted by molar-refractivity contribution is 5.76. The molecule has 1 aliphatic carbocycles. The first-order valence-corrected chi connectivity index (χ1v) is 7.80. The minimum atomic E-state index is -0.227.